The second-order valence-electron chi connectivity index (χ2n) is 8.87. The number of nitriles is 1. The van der Waals surface area contributed by atoms with Crippen LogP contribution in [0.5, 0.6) is 28.9 Å². The highest BCUT2D eigenvalue weighted by Gasteiger charge is 2.37. The number of halogens is 1. The molecule has 5 rings (SSSR count). The highest BCUT2D eigenvalue weighted by Crippen LogP contribution is 2.49. The molecule has 10 heteroatoms. The molecule has 40 heavy (non-hydrogen) atoms. The zero-order valence-corrected chi connectivity index (χ0v) is 22.2. The highest BCUT2D eigenvalue weighted by molar-refractivity contribution is 5.72. The quantitative estimate of drug-likeness (QED) is 0.287. The van der Waals surface area contributed by atoms with E-state index in [2.05, 4.69) is 16.3 Å². The molecule has 0 saturated carbocycles. The molecule has 0 bridgehead atoms. The second kappa shape index (κ2) is 11.3. The normalized spacial score (nSPS) is 14.1. The van der Waals surface area contributed by atoms with E-state index in [1.165, 1.54) is 26.4 Å². The lowest BCUT2D eigenvalue weighted by Gasteiger charge is -2.25. The van der Waals surface area contributed by atoms with Gasteiger partial charge in [0, 0.05) is 5.56 Å². The number of methoxy groups -OCH3 is 2. The minimum Gasteiger partial charge on any atom is -0.494 e. The fourth-order valence-corrected chi connectivity index (χ4v) is 4.65. The molecule has 0 fully saturated rings. The molecule has 1 aromatic heterocycles. The third-order valence-corrected chi connectivity index (χ3v) is 6.49. The molecule has 1 unspecified atom stereocenters. The molecule has 0 spiro atoms. The van der Waals surface area contributed by atoms with Gasteiger partial charge in [-0.15, -0.1) is 5.10 Å². The van der Waals surface area contributed by atoms with Crippen molar-refractivity contribution >= 4 is 0 Å². The maximum Gasteiger partial charge on any atom is 0.244 e. The Morgan fingerprint density at radius 3 is 2.42 bits per heavy atom. The van der Waals surface area contributed by atoms with E-state index in [1.807, 2.05) is 31.2 Å². The lowest BCUT2D eigenvalue weighted by Crippen LogP contribution is -2.21. The maximum atomic E-state index is 13.3. The van der Waals surface area contributed by atoms with Crippen LogP contribution in [0.4, 0.5) is 4.39 Å². The number of nitrogens with zero attached hydrogens (tertiary/aromatic N) is 2. The van der Waals surface area contributed by atoms with Gasteiger partial charge in [0.25, 0.3) is 0 Å². The van der Waals surface area contributed by atoms with Gasteiger partial charge in [-0.05, 0) is 54.4 Å². The molecule has 0 saturated heterocycles. The number of nitrogens with one attached hydrogen (secondary N) is 1. The number of aromatic amines is 1. The van der Waals surface area contributed by atoms with Crippen LogP contribution in [0.2, 0.25) is 0 Å². The van der Waals surface area contributed by atoms with Crippen LogP contribution in [0.25, 0.3) is 11.3 Å². The van der Waals surface area contributed by atoms with E-state index >= 15 is 0 Å². The maximum absolute atomic E-state index is 13.3. The lowest BCUT2D eigenvalue weighted by atomic mass is 9.82. The Kier molecular flexibility index (Phi) is 7.46. The number of fused-ring (bicyclic) bond motifs is 1. The summed E-state index contributed by atoms with van der Waals surface area (Å²) in [7, 11) is 3.02. The summed E-state index contributed by atoms with van der Waals surface area (Å²) in [6.45, 7) is 2.59. The molecule has 0 aliphatic carbocycles. The van der Waals surface area contributed by atoms with E-state index in [1.54, 1.807) is 24.3 Å². The SMILES string of the molecule is CCOc1cccc(-c2[nH]nc3c2C(c2cc(OC)c(OCc4ccc(F)cc4)c(OC)c2)C(C#N)=C(N)O3)c1. The number of hydrogen-bond acceptors (Lipinski definition) is 8. The van der Waals surface area contributed by atoms with Gasteiger partial charge in [-0.3, -0.25) is 5.10 Å². The first-order valence-electron chi connectivity index (χ1n) is 12.5. The molecule has 1 aliphatic rings. The molecular formula is C30H27FN4O5. The van der Waals surface area contributed by atoms with Crippen molar-refractivity contribution in [3.05, 3.63) is 94.6 Å². The van der Waals surface area contributed by atoms with Crippen LogP contribution in [0.15, 0.2) is 72.1 Å². The predicted octanol–water partition coefficient (Wildman–Crippen LogP) is 5.43. The van der Waals surface area contributed by atoms with E-state index in [9.17, 15) is 9.65 Å². The molecule has 0 amide bonds. The van der Waals surface area contributed by atoms with Gasteiger partial charge >= 0.3 is 0 Å². The van der Waals surface area contributed by atoms with E-state index in [4.69, 9.17) is 29.4 Å². The predicted molar refractivity (Wildman–Crippen MR) is 145 cm³/mol. The summed E-state index contributed by atoms with van der Waals surface area (Å²) in [6, 6.07) is 19.3. The smallest absolute Gasteiger partial charge is 0.244 e. The van der Waals surface area contributed by atoms with Crippen molar-refractivity contribution in [3.8, 4) is 46.2 Å². The topological polar surface area (TPSA) is 125 Å². The summed E-state index contributed by atoms with van der Waals surface area (Å²) >= 11 is 0. The lowest BCUT2D eigenvalue weighted by molar-refractivity contribution is 0.265. The molecule has 204 valence electrons. The van der Waals surface area contributed by atoms with E-state index in [0.29, 0.717) is 46.4 Å². The van der Waals surface area contributed by atoms with Crippen LogP contribution >= 0.6 is 0 Å². The first kappa shape index (κ1) is 26.4. The fraction of sp³-hybridized carbons (Fsp3) is 0.200. The van der Waals surface area contributed by atoms with Gasteiger partial charge in [-0.25, -0.2) is 4.39 Å². The van der Waals surface area contributed by atoms with Crippen molar-refractivity contribution < 1.29 is 28.1 Å². The number of rotatable bonds is 9. The Hall–Kier alpha value is -5.17. The number of benzene rings is 3. The number of hydrogen-bond donors (Lipinski definition) is 2. The van der Waals surface area contributed by atoms with Crippen molar-refractivity contribution in [2.75, 3.05) is 20.8 Å². The number of allylic oxidation sites excluding steroid dienone is 1. The summed E-state index contributed by atoms with van der Waals surface area (Å²) in [5, 5.41) is 17.5. The van der Waals surface area contributed by atoms with Gasteiger partial charge in [0.1, 0.15) is 29.8 Å². The standard InChI is InChI=1S/C30H27FN4O5/c1-4-38-21-7-5-6-18(12-21)27-26-25(22(15-32)29(33)40-30(26)35-34-27)19-13-23(36-2)28(24(14-19)37-3)39-16-17-8-10-20(31)11-9-17/h5-14,25H,4,16,33H2,1-3H3,(H,34,35). The van der Waals surface area contributed by atoms with Crippen LogP contribution in [0.1, 0.15) is 29.5 Å². The third kappa shape index (κ3) is 4.97. The van der Waals surface area contributed by atoms with E-state index in [-0.39, 0.29) is 29.8 Å². The summed E-state index contributed by atoms with van der Waals surface area (Å²) in [5.41, 5.74) is 9.88. The van der Waals surface area contributed by atoms with Crippen molar-refractivity contribution in [2.45, 2.75) is 19.4 Å². The van der Waals surface area contributed by atoms with Crippen molar-refractivity contribution in [1.82, 2.24) is 10.2 Å². The average Bonchev–Trinajstić information content (AvgIpc) is 3.39. The largest absolute Gasteiger partial charge is 0.494 e. The molecular weight excluding hydrogens is 515 g/mol. The molecule has 3 aromatic carbocycles. The van der Waals surface area contributed by atoms with Crippen molar-refractivity contribution in [2.24, 2.45) is 5.73 Å². The number of ether oxygens (including phenoxy) is 5. The van der Waals surface area contributed by atoms with Gasteiger partial charge in [-0.1, -0.05) is 24.3 Å². The fourth-order valence-electron chi connectivity index (χ4n) is 4.65. The molecule has 3 N–H and O–H groups in total. The zero-order valence-electron chi connectivity index (χ0n) is 22.2. The first-order valence-corrected chi connectivity index (χ1v) is 12.5. The molecule has 9 nitrogen and oxygen atoms in total. The Morgan fingerprint density at radius 1 is 1.05 bits per heavy atom. The Labute approximate surface area is 230 Å². The van der Waals surface area contributed by atoms with E-state index in [0.717, 1.165) is 11.1 Å². The van der Waals surface area contributed by atoms with Gasteiger partial charge < -0.3 is 29.4 Å². The monoisotopic (exact) mass is 542 g/mol. The summed E-state index contributed by atoms with van der Waals surface area (Å²) in [5.74, 6) is 1.03. The Balaban J connectivity index is 1.61. The molecule has 4 aromatic rings. The molecule has 1 aliphatic heterocycles. The van der Waals surface area contributed by atoms with Gasteiger partial charge in [0.15, 0.2) is 11.5 Å². The van der Waals surface area contributed by atoms with Crippen molar-refractivity contribution in [3.63, 3.8) is 0 Å². The molecule has 2 heterocycles. The third-order valence-electron chi connectivity index (χ3n) is 6.49. The van der Waals surface area contributed by atoms with Crippen LogP contribution < -0.4 is 29.4 Å². The molecule has 0 radical (unpaired) electrons. The van der Waals surface area contributed by atoms with Gasteiger partial charge in [-0.2, -0.15) is 5.26 Å². The average molecular weight is 543 g/mol. The number of nitrogens with two attached hydrogens (primary N) is 1. The van der Waals surface area contributed by atoms with Gasteiger partial charge in [0.05, 0.1) is 38.0 Å². The Morgan fingerprint density at radius 2 is 1.77 bits per heavy atom. The first-order chi connectivity index (χ1) is 19.5. The zero-order chi connectivity index (χ0) is 28.2. The van der Waals surface area contributed by atoms with Crippen LogP contribution in [0, 0.1) is 17.1 Å². The van der Waals surface area contributed by atoms with Crippen LogP contribution in [-0.2, 0) is 6.61 Å². The second-order valence-corrected chi connectivity index (χ2v) is 8.87. The van der Waals surface area contributed by atoms with E-state index < -0.39 is 5.92 Å². The Bertz CT molecular complexity index is 1580. The summed E-state index contributed by atoms with van der Waals surface area (Å²) in [6.07, 6.45) is 0. The van der Waals surface area contributed by atoms with Crippen LogP contribution in [-0.4, -0.2) is 31.0 Å². The number of H-pyrrole nitrogens is 1. The number of aromatic nitrogens is 2. The van der Waals surface area contributed by atoms with Gasteiger partial charge in [0.2, 0.25) is 17.5 Å². The molecule has 1 atom stereocenters. The van der Waals surface area contributed by atoms with Crippen molar-refractivity contribution in [1.29, 1.82) is 5.26 Å². The minimum absolute atomic E-state index is 0.0457. The summed E-state index contributed by atoms with van der Waals surface area (Å²) in [4.78, 5) is 0. The summed E-state index contributed by atoms with van der Waals surface area (Å²) < 4.78 is 42.2. The minimum atomic E-state index is -0.660. The van der Waals surface area contributed by atoms with Crippen LogP contribution in [0.3, 0.4) is 0 Å². The highest BCUT2D eigenvalue weighted by atomic mass is 19.1.